The van der Waals surface area contributed by atoms with Crippen LogP contribution in [0, 0.1) is 0 Å². The number of aromatic nitrogens is 2. The number of halogens is 1. The van der Waals surface area contributed by atoms with Crippen LogP contribution in [0.4, 0.5) is 0 Å². The van der Waals surface area contributed by atoms with E-state index in [1.54, 1.807) is 28.9 Å². The molecule has 0 saturated carbocycles. The Morgan fingerprint density at radius 3 is 2.68 bits per heavy atom. The lowest BCUT2D eigenvalue weighted by molar-refractivity contribution is 0.0928. The quantitative estimate of drug-likeness (QED) is 0.736. The number of imidazole rings is 1. The Morgan fingerprint density at radius 2 is 1.96 bits per heavy atom. The number of hydrogen-bond donors (Lipinski definition) is 1. The smallest absolute Gasteiger partial charge is 0.271 e. The lowest BCUT2D eigenvalue weighted by Gasteiger charge is -2.20. The van der Waals surface area contributed by atoms with Crippen LogP contribution in [0.25, 0.3) is 5.65 Å². The van der Waals surface area contributed by atoms with E-state index in [4.69, 9.17) is 11.6 Å². The van der Waals surface area contributed by atoms with Gasteiger partial charge in [0, 0.05) is 12.4 Å². The molecule has 0 aliphatic heterocycles. The summed E-state index contributed by atoms with van der Waals surface area (Å²) in [5.41, 5.74) is 2.16. The van der Waals surface area contributed by atoms with Crippen LogP contribution in [0.15, 0.2) is 54.9 Å². The van der Waals surface area contributed by atoms with E-state index >= 15 is 0 Å². The zero-order chi connectivity index (χ0) is 17.8. The van der Waals surface area contributed by atoms with Crippen LogP contribution in [-0.2, 0) is 0 Å². The Kier molecular flexibility index (Phi) is 5.36. The average Bonchev–Trinajstić information content (AvgIpc) is 3.02. The second-order valence-corrected chi connectivity index (χ2v) is 6.70. The molecule has 0 aliphatic carbocycles. The first-order chi connectivity index (χ1) is 12.0. The Bertz CT molecular complexity index is 860. The highest BCUT2D eigenvalue weighted by Crippen LogP contribution is 2.18. The van der Waals surface area contributed by atoms with Crippen molar-refractivity contribution in [1.29, 1.82) is 0 Å². The molecule has 130 valence electrons. The van der Waals surface area contributed by atoms with Gasteiger partial charge in [-0.05, 0) is 44.8 Å². The van der Waals surface area contributed by atoms with Crippen molar-refractivity contribution in [3.63, 3.8) is 0 Å². The molecule has 0 radical (unpaired) electrons. The van der Waals surface area contributed by atoms with Gasteiger partial charge in [0.05, 0.1) is 11.1 Å². The van der Waals surface area contributed by atoms with Crippen LogP contribution in [0.3, 0.4) is 0 Å². The molecule has 2 heterocycles. The minimum atomic E-state index is -0.188. The van der Waals surface area contributed by atoms with Gasteiger partial charge in [0.25, 0.3) is 5.91 Å². The fourth-order valence-corrected chi connectivity index (χ4v) is 2.87. The van der Waals surface area contributed by atoms with Gasteiger partial charge in [-0.3, -0.25) is 4.79 Å². The van der Waals surface area contributed by atoms with Crippen molar-refractivity contribution >= 4 is 23.2 Å². The molecule has 1 N–H and O–H groups in total. The van der Waals surface area contributed by atoms with Crippen LogP contribution < -0.4 is 5.32 Å². The van der Waals surface area contributed by atoms with Crippen LogP contribution in [0.1, 0.15) is 28.5 Å². The number of fused-ring (bicyclic) bond motifs is 1. The summed E-state index contributed by atoms with van der Waals surface area (Å²) in [6, 6.07) is 13.5. The first kappa shape index (κ1) is 17.5. The third kappa shape index (κ3) is 4.38. The van der Waals surface area contributed by atoms with Gasteiger partial charge >= 0.3 is 0 Å². The molecule has 0 spiro atoms. The predicted octanol–water partition coefficient (Wildman–Crippen LogP) is 3.41. The first-order valence-corrected chi connectivity index (χ1v) is 8.55. The number of amides is 1. The lowest BCUT2D eigenvalue weighted by atomic mass is 10.0. The molecule has 25 heavy (non-hydrogen) atoms. The Hall–Kier alpha value is -2.37. The number of pyridine rings is 1. The number of rotatable bonds is 6. The molecular formula is C19H21ClN4O. The summed E-state index contributed by atoms with van der Waals surface area (Å²) < 4.78 is 1.76. The van der Waals surface area contributed by atoms with Crippen molar-refractivity contribution in [2.75, 3.05) is 20.6 Å². The molecule has 1 atom stereocenters. The van der Waals surface area contributed by atoms with E-state index in [2.05, 4.69) is 15.2 Å². The summed E-state index contributed by atoms with van der Waals surface area (Å²) in [6.07, 6.45) is 4.26. The van der Waals surface area contributed by atoms with Gasteiger partial charge in [-0.15, -0.1) is 0 Å². The minimum absolute atomic E-state index is 0.0653. The molecule has 0 bridgehead atoms. The molecule has 0 fully saturated rings. The van der Waals surface area contributed by atoms with Gasteiger partial charge in [0.2, 0.25) is 0 Å². The van der Waals surface area contributed by atoms with E-state index < -0.39 is 0 Å². The van der Waals surface area contributed by atoms with Gasteiger partial charge < -0.3 is 14.6 Å². The van der Waals surface area contributed by atoms with Crippen LogP contribution in [-0.4, -0.2) is 40.8 Å². The van der Waals surface area contributed by atoms with Crippen molar-refractivity contribution in [2.45, 2.75) is 12.5 Å². The SMILES string of the molecule is CN(C)CCC(NC(=O)c1cn2cc(Cl)ccc2n1)c1ccccc1. The van der Waals surface area contributed by atoms with E-state index in [0.717, 1.165) is 18.5 Å². The highest BCUT2D eigenvalue weighted by atomic mass is 35.5. The van der Waals surface area contributed by atoms with Gasteiger partial charge in [-0.25, -0.2) is 4.98 Å². The maximum absolute atomic E-state index is 12.7. The van der Waals surface area contributed by atoms with E-state index in [0.29, 0.717) is 16.4 Å². The van der Waals surface area contributed by atoms with Gasteiger partial charge in [0.1, 0.15) is 11.3 Å². The monoisotopic (exact) mass is 356 g/mol. The molecule has 0 aliphatic rings. The van der Waals surface area contributed by atoms with E-state index in [9.17, 15) is 4.79 Å². The first-order valence-electron chi connectivity index (χ1n) is 8.18. The zero-order valence-corrected chi connectivity index (χ0v) is 15.1. The van der Waals surface area contributed by atoms with E-state index in [1.165, 1.54) is 0 Å². The average molecular weight is 357 g/mol. The number of carbonyl (C=O) groups excluding carboxylic acids is 1. The van der Waals surface area contributed by atoms with E-state index in [1.807, 2.05) is 44.4 Å². The normalized spacial score (nSPS) is 12.5. The summed E-state index contributed by atoms with van der Waals surface area (Å²) in [6.45, 7) is 0.876. The van der Waals surface area contributed by atoms with Crippen molar-refractivity contribution in [3.05, 3.63) is 71.1 Å². The summed E-state index contributed by atoms with van der Waals surface area (Å²) in [5.74, 6) is -0.188. The third-order valence-corrected chi connectivity index (χ3v) is 4.24. The Balaban J connectivity index is 1.80. The predicted molar refractivity (Wildman–Crippen MR) is 100 cm³/mol. The Labute approximate surface area is 152 Å². The van der Waals surface area contributed by atoms with Crippen LogP contribution in [0.5, 0.6) is 0 Å². The molecule has 1 amide bonds. The molecule has 3 rings (SSSR count). The maximum atomic E-state index is 12.7. The van der Waals surface area contributed by atoms with Crippen molar-refractivity contribution in [2.24, 2.45) is 0 Å². The molecule has 5 nitrogen and oxygen atoms in total. The highest BCUT2D eigenvalue weighted by molar-refractivity contribution is 6.30. The molecule has 0 saturated heterocycles. The number of nitrogens with zero attached hydrogens (tertiary/aromatic N) is 3. The lowest BCUT2D eigenvalue weighted by Crippen LogP contribution is -2.31. The van der Waals surface area contributed by atoms with Crippen molar-refractivity contribution in [3.8, 4) is 0 Å². The largest absolute Gasteiger partial charge is 0.344 e. The number of carbonyl (C=O) groups is 1. The third-order valence-electron chi connectivity index (χ3n) is 4.02. The zero-order valence-electron chi connectivity index (χ0n) is 14.3. The number of nitrogens with one attached hydrogen (secondary N) is 1. The number of hydrogen-bond acceptors (Lipinski definition) is 3. The fourth-order valence-electron chi connectivity index (χ4n) is 2.70. The summed E-state index contributed by atoms with van der Waals surface area (Å²) in [4.78, 5) is 19.2. The fraction of sp³-hybridized carbons (Fsp3) is 0.263. The second-order valence-electron chi connectivity index (χ2n) is 6.27. The van der Waals surface area contributed by atoms with Crippen molar-refractivity contribution in [1.82, 2.24) is 19.6 Å². The molecular weight excluding hydrogens is 336 g/mol. The molecule has 3 aromatic rings. The second kappa shape index (κ2) is 7.68. The van der Waals surface area contributed by atoms with Crippen molar-refractivity contribution < 1.29 is 4.79 Å². The maximum Gasteiger partial charge on any atom is 0.271 e. The Morgan fingerprint density at radius 1 is 1.20 bits per heavy atom. The van der Waals surface area contributed by atoms with Gasteiger partial charge in [0.15, 0.2) is 0 Å². The minimum Gasteiger partial charge on any atom is -0.344 e. The van der Waals surface area contributed by atoms with Gasteiger partial charge in [-0.2, -0.15) is 0 Å². The van der Waals surface area contributed by atoms with E-state index in [-0.39, 0.29) is 11.9 Å². The molecule has 1 aromatic carbocycles. The highest BCUT2D eigenvalue weighted by Gasteiger charge is 2.18. The van der Waals surface area contributed by atoms with Crippen LogP contribution >= 0.6 is 11.6 Å². The summed E-state index contributed by atoms with van der Waals surface area (Å²) >= 11 is 5.99. The van der Waals surface area contributed by atoms with Crippen LogP contribution in [0.2, 0.25) is 5.02 Å². The summed E-state index contributed by atoms with van der Waals surface area (Å²) in [7, 11) is 4.05. The topological polar surface area (TPSA) is 49.6 Å². The molecule has 2 aromatic heterocycles. The molecule has 1 unspecified atom stereocenters. The number of benzene rings is 1. The molecule has 6 heteroatoms. The summed E-state index contributed by atoms with van der Waals surface area (Å²) in [5, 5.41) is 3.71. The standard InChI is InChI=1S/C19H21ClN4O/c1-23(2)11-10-16(14-6-4-3-5-7-14)22-19(25)17-13-24-12-15(20)8-9-18(24)21-17/h3-9,12-13,16H,10-11H2,1-2H3,(H,22,25). The van der Waals surface area contributed by atoms with Gasteiger partial charge in [-0.1, -0.05) is 41.9 Å².